The molecule has 0 aliphatic rings. The number of aromatic hydroxyl groups is 1. The fourth-order valence-corrected chi connectivity index (χ4v) is 2.17. The molecule has 4 heteroatoms. The molecule has 3 nitrogen and oxygen atoms in total. The van der Waals surface area contributed by atoms with Gasteiger partial charge in [0.05, 0.1) is 6.10 Å². The van der Waals surface area contributed by atoms with E-state index in [2.05, 4.69) is 5.32 Å². The lowest BCUT2D eigenvalue weighted by atomic mass is 10.0. The van der Waals surface area contributed by atoms with Crippen molar-refractivity contribution in [3.05, 3.63) is 65.5 Å². The summed E-state index contributed by atoms with van der Waals surface area (Å²) in [4.78, 5) is 0. The molecule has 0 heterocycles. The van der Waals surface area contributed by atoms with E-state index in [-0.39, 0.29) is 17.6 Å². The Balaban J connectivity index is 1.82. The maximum Gasteiger partial charge on any atom is 0.123 e. The van der Waals surface area contributed by atoms with Gasteiger partial charge in [-0.1, -0.05) is 24.3 Å². The van der Waals surface area contributed by atoms with E-state index >= 15 is 0 Å². The highest BCUT2D eigenvalue weighted by atomic mass is 19.1. The third-order valence-corrected chi connectivity index (χ3v) is 3.50. The minimum atomic E-state index is -0.676. The summed E-state index contributed by atoms with van der Waals surface area (Å²) in [5, 5.41) is 22.7. The molecule has 0 radical (unpaired) electrons. The zero-order valence-electron chi connectivity index (χ0n) is 12.0. The first-order chi connectivity index (χ1) is 10.1. The van der Waals surface area contributed by atoms with Crippen LogP contribution in [0.25, 0.3) is 0 Å². The summed E-state index contributed by atoms with van der Waals surface area (Å²) in [6.07, 6.45) is 0.131. The van der Waals surface area contributed by atoms with Crippen LogP contribution in [0.4, 0.5) is 4.39 Å². The number of aliphatic hydroxyl groups excluding tert-OH is 1. The number of phenolic OH excluding ortho intramolecular Hbond substituents is 1. The summed E-state index contributed by atoms with van der Waals surface area (Å²) >= 11 is 0. The number of halogens is 1. The van der Waals surface area contributed by atoms with Crippen LogP contribution in [-0.2, 0) is 6.42 Å². The Bertz CT molecular complexity index is 554. The maximum atomic E-state index is 12.9. The molecule has 3 N–H and O–H groups in total. The zero-order chi connectivity index (χ0) is 15.2. The molecule has 0 spiro atoms. The first-order valence-electron chi connectivity index (χ1n) is 7.01. The van der Waals surface area contributed by atoms with Gasteiger partial charge < -0.3 is 15.5 Å². The summed E-state index contributed by atoms with van der Waals surface area (Å²) in [5.74, 6) is -0.0503. The van der Waals surface area contributed by atoms with Crippen LogP contribution in [0.2, 0.25) is 0 Å². The summed E-state index contributed by atoms with van der Waals surface area (Å²) < 4.78 is 12.9. The Morgan fingerprint density at radius 2 is 1.67 bits per heavy atom. The first kappa shape index (κ1) is 15.5. The fourth-order valence-electron chi connectivity index (χ4n) is 2.17. The van der Waals surface area contributed by atoms with E-state index in [1.165, 1.54) is 12.1 Å². The molecule has 0 amide bonds. The van der Waals surface area contributed by atoms with Crippen molar-refractivity contribution in [3.8, 4) is 5.75 Å². The molecule has 0 saturated carbocycles. The Kier molecular flexibility index (Phi) is 5.31. The monoisotopic (exact) mass is 289 g/mol. The molecule has 0 aromatic heterocycles. The number of aliphatic hydroxyl groups is 1. The predicted octanol–water partition coefficient (Wildman–Crippen LogP) is 2.79. The van der Waals surface area contributed by atoms with Crippen molar-refractivity contribution in [3.63, 3.8) is 0 Å². The van der Waals surface area contributed by atoms with Crippen LogP contribution in [0.1, 0.15) is 24.2 Å². The molecule has 112 valence electrons. The average Bonchev–Trinajstić information content (AvgIpc) is 2.49. The number of nitrogens with one attached hydrogen (secondary N) is 1. The molecule has 0 saturated heterocycles. The number of hydrogen-bond donors (Lipinski definition) is 3. The van der Waals surface area contributed by atoms with Crippen molar-refractivity contribution in [1.29, 1.82) is 0 Å². The normalized spacial score (nSPS) is 13.9. The van der Waals surface area contributed by atoms with Gasteiger partial charge in [0.15, 0.2) is 0 Å². The Hall–Kier alpha value is -1.91. The van der Waals surface area contributed by atoms with Gasteiger partial charge in [-0.05, 0) is 55.3 Å². The van der Waals surface area contributed by atoms with E-state index in [0.717, 1.165) is 12.0 Å². The summed E-state index contributed by atoms with van der Waals surface area (Å²) in [6, 6.07) is 12.8. The molecule has 21 heavy (non-hydrogen) atoms. The van der Waals surface area contributed by atoms with Gasteiger partial charge in [0.25, 0.3) is 0 Å². The minimum absolute atomic E-state index is 0.132. The lowest BCUT2D eigenvalue weighted by Crippen LogP contribution is -2.33. The van der Waals surface area contributed by atoms with Crippen molar-refractivity contribution in [2.75, 3.05) is 6.54 Å². The molecule has 2 unspecified atom stereocenters. The van der Waals surface area contributed by atoms with Crippen LogP contribution in [-0.4, -0.2) is 22.8 Å². The molecule has 0 bridgehead atoms. The smallest absolute Gasteiger partial charge is 0.123 e. The SMILES string of the molecule is CC(NCCc1ccc(O)cc1)C(O)c1ccc(F)cc1. The number of phenols is 1. The predicted molar refractivity (Wildman–Crippen MR) is 80.6 cm³/mol. The second-order valence-corrected chi connectivity index (χ2v) is 5.16. The zero-order valence-corrected chi connectivity index (χ0v) is 12.0. The van der Waals surface area contributed by atoms with Crippen molar-refractivity contribution in [1.82, 2.24) is 5.32 Å². The molecule has 0 aliphatic heterocycles. The highest BCUT2D eigenvalue weighted by Gasteiger charge is 2.15. The van der Waals surface area contributed by atoms with Gasteiger partial charge in [0.1, 0.15) is 11.6 Å². The first-order valence-corrected chi connectivity index (χ1v) is 7.01. The van der Waals surface area contributed by atoms with E-state index in [1.54, 1.807) is 24.3 Å². The van der Waals surface area contributed by atoms with Crippen LogP contribution in [0.5, 0.6) is 5.75 Å². The van der Waals surface area contributed by atoms with Crippen molar-refractivity contribution in [2.24, 2.45) is 0 Å². The molecule has 2 atom stereocenters. The molecular formula is C17H20FNO2. The second kappa shape index (κ2) is 7.20. The Labute approximate surface area is 124 Å². The average molecular weight is 289 g/mol. The molecule has 2 aromatic rings. The fraction of sp³-hybridized carbons (Fsp3) is 0.294. The third kappa shape index (κ3) is 4.55. The van der Waals surface area contributed by atoms with Crippen LogP contribution < -0.4 is 5.32 Å². The van der Waals surface area contributed by atoms with Crippen molar-refractivity contribution < 1.29 is 14.6 Å². The van der Waals surface area contributed by atoms with E-state index in [0.29, 0.717) is 12.1 Å². The van der Waals surface area contributed by atoms with Gasteiger partial charge >= 0.3 is 0 Å². The van der Waals surface area contributed by atoms with E-state index < -0.39 is 6.10 Å². The van der Waals surface area contributed by atoms with E-state index in [9.17, 15) is 14.6 Å². The summed E-state index contributed by atoms with van der Waals surface area (Å²) in [7, 11) is 0. The van der Waals surface area contributed by atoms with E-state index in [4.69, 9.17) is 0 Å². The van der Waals surface area contributed by atoms with Gasteiger partial charge in [0.2, 0.25) is 0 Å². The number of rotatable bonds is 6. The third-order valence-electron chi connectivity index (χ3n) is 3.50. The summed E-state index contributed by atoms with van der Waals surface area (Å²) in [5.41, 5.74) is 1.81. The van der Waals surface area contributed by atoms with Gasteiger partial charge in [-0.3, -0.25) is 0 Å². The molecule has 0 aliphatic carbocycles. The second-order valence-electron chi connectivity index (χ2n) is 5.16. The van der Waals surface area contributed by atoms with Crippen LogP contribution in [0.3, 0.4) is 0 Å². The highest BCUT2D eigenvalue weighted by molar-refractivity contribution is 5.26. The molecule has 2 rings (SSSR count). The van der Waals surface area contributed by atoms with Crippen LogP contribution in [0.15, 0.2) is 48.5 Å². The van der Waals surface area contributed by atoms with E-state index in [1.807, 2.05) is 19.1 Å². The highest BCUT2D eigenvalue weighted by Crippen LogP contribution is 2.17. The topological polar surface area (TPSA) is 52.5 Å². The largest absolute Gasteiger partial charge is 0.508 e. The van der Waals surface area contributed by atoms with Crippen molar-refractivity contribution in [2.45, 2.75) is 25.5 Å². The Morgan fingerprint density at radius 3 is 2.29 bits per heavy atom. The van der Waals surface area contributed by atoms with Crippen LogP contribution >= 0.6 is 0 Å². The van der Waals surface area contributed by atoms with Gasteiger partial charge in [-0.25, -0.2) is 4.39 Å². The van der Waals surface area contributed by atoms with Gasteiger partial charge in [0, 0.05) is 6.04 Å². The Morgan fingerprint density at radius 1 is 1.05 bits per heavy atom. The standard InChI is InChI=1S/C17H20FNO2/c1-12(17(21)14-4-6-15(18)7-5-14)19-11-10-13-2-8-16(20)9-3-13/h2-9,12,17,19-21H,10-11H2,1H3. The number of hydrogen-bond acceptors (Lipinski definition) is 3. The molecule has 2 aromatic carbocycles. The molecule has 0 fully saturated rings. The van der Waals surface area contributed by atoms with Crippen LogP contribution in [0, 0.1) is 5.82 Å². The lowest BCUT2D eigenvalue weighted by Gasteiger charge is -2.20. The summed E-state index contributed by atoms with van der Waals surface area (Å²) in [6.45, 7) is 2.61. The van der Waals surface area contributed by atoms with Gasteiger partial charge in [-0.2, -0.15) is 0 Å². The quantitative estimate of drug-likeness (QED) is 0.766. The molecular weight excluding hydrogens is 269 g/mol. The lowest BCUT2D eigenvalue weighted by molar-refractivity contribution is 0.136. The van der Waals surface area contributed by atoms with Gasteiger partial charge in [-0.15, -0.1) is 0 Å². The maximum absolute atomic E-state index is 12.9. The van der Waals surface area contributed by atoms with Crippen molar-refractivity contribution >= 4 is 0 Å². The minimum Gasteiger partial charge on any atom is -0.508 e. The number of benzene rings is 2.